The number of rotatable bonds is 3. The third-order valence-corrected chi connectivity index (χ3v) is 2.45. The van der Waals surface area contributed by atoms with Crippen LogP contribution in [0.15, 0.2) is 35.5 Å². The summed E-state index contributed by atoms with van der Waals surface area (Å²) in [5.74, 6) is -0.767. The third-order valence-electron chi connectivity index (χ3n) is 2.45. The lowest BCUT2D eigenvalue weighted by Crippen LogP contribution is -2.21. The van der Waals surface area contributed by atoms with E-state index >= 15 is 0 Å². The Morgan fingerprint density at radius 3 is 3.29 bits per heavy atom. The Balaban J connectivity index is 2.01. The highest BCUT2D eigenvalue weighted by Crippen LogP contribution is 2.29. The van der Waals surface area contributed by atoms with Crippen LogP contribution in [0.4, 0.5) is 0 Å². The highest BCUT2D eigenvalue weighted by Gasteiger charge is 2.22. The predicted octanol–water partition coefficient (Wildman–Crippen LogP) is 1.67. The van der Waals surface area contributed by atoms with Gasteiger partial charge in [-0.2, -0.15) is 0 Å². The summed E-state index contributed by atoms with van der Waals surface area (Å²) in [6.45, 7) is 0.585. The van der Waals surface area contributed by atoms with Gasteiger partial charge in [0.2, 0.25) is 0 Å². The fourth-order valence-electron chi connectivity index (χ4n) is 1.76. The maximum absolute atomic E-state index is 10.4. The average Bonchev–Trinajstić information content (AvgIpc) is 2.62. The molecule has 0 aromatic rings. The van der Waals surface area contributed by atoms with Crippen molar-refractivity contribution in [2.24, 2.45) is 0 Å². The van der Waals surface area contributed by atoms with E-state index in [4.69, 9.17) is 9.84 Å². The SMILES string of the molecule is O=C(O)CCC1OCC=C2C=CC=C21. The van der Waals surface area contributed by atoms with Crippen molar-refractivity contribution < 1.29 is 14.6 Å². The number of carbonyl (C=O) groups is 1. The minimum atomic E-state index is -0.767. The van der Waals surface area contributed by atoms with Gasteiger partial charge in [-0.25, -0.2) is 0 Å². The van der Waals surface area contributed by atoms with Gasteiger partial charge in [-0.1, -0.05) is 24.3 Å². The topological polar surface area (TPSA) is 46.5 Å². The van der Waals surface area contributed by atoms with E-state index in [0.717, 1.165) is 5.57 Å². The summed E-state index contributed by atoms with van der Waals surface area (Å²) in [5.41, 5.74) is 2.31. The zero-order valence-electron chi connectivity index (χ0n) is 7.77. The summed E-state index contributed by atoms with van der Waals surface area (Å²) in [4.78, 5) is 10.4. The van der Waals surface area contributed by atoms with Gasteiger partial charge in [0.15, 0.2) is 0 Å². The van der Waals surface area contributed by atoms with Crippen LogP contribution in [0.2, 0.25) is 0 Å². The number of carboxylic acids is 1. The second kappa shape index (κ2) is 3.80. The van der Waals surface area contributed by atoms with Gasteiger partial charge in [-0.05, 0) is 17.6 Å². The maximum atomic E-state index is 10.4. The van der Waals surface area contributed by atoms with Gasteiger partial charge < -0.3 is 9.84 Å². The van der Waals surface area contributed by atoms with Crippen LogP contribution in [-0.2, 0) is 9.53 Å². The molecule has 1 aliphatic carbocycles. The normalized spacial score (nSPS) is 24.1. The Bertz CT molecular complexity index is 336. The lowest BCUT2D eigenvalue weighted by molar-refractivity contribution is -0.137. The zero-order chi connectivity index (χ0) is 9.97. The standard InChI is InChI=1S/C11H12O3/c12-11(13)5-4-10-9-3-1-2-8(9)6-7-14-10/h1-3,6,10H,4-5,7H2,(H,12,13). The van der Waals surface area contributed by atoms with Crippen molar-refractivity contribution >= 4 is 5.97 Å². The molecular formula is C11H12O3. The number of allylic oxidation sites excluding steroid dienone is 3. The number of carboxylic acid groups (broad SMARTS) is 1. The van der Waals surface area contributed by atoms with Gasteiger partial charge >= 0.3 is 5.97 Å². The van der Waals surface area contributed by atoms with E-state index in [-0.39, 0.29) is 12.5 Å². The van der Waals surface area contributed by atoms with Crippen LogP contribution in [0.1, 0.15) is 12.8 Å². The Hall–Kier alpha value is -1.35. The first-order valence-corrected chi connectivity index (χ1v) is 4.69. The molecule has 1 aliphatic heterocycles. The minimum Gasteiger partial charge on any atom is -0.481 e. The first-order chi connectivity index (χ1) is 6.77. The highest BCUT2D eigenvalue weighted by atomic mass is 16.5. The quantitative estimate of drug-likeness (QED) is 0.739. The Morgan fingerprint density at radius 2 is 2.50 bits per heavy atom. The molecule has 3 nitrogen and oxygen atoms in total. The summed E-state index contributed by atoms with van der Waals surface area (Å²) >= 11 is 0. The van der Waals surface area contributed by atoms with Crippen LogP contribution in [0, 0.1) is 0 Å². The third kappa shape index (κ3) is 1.77. The molecular weight excluding hydrogens is 180 g/mol. The summed E-state index contributed by atoms with van der Waals surface area (Å²) in [6.07, 6.45) is 8.70. The molecule has 2 rings (SSSR count). The van der Waals surface area contributed by atoms with Gasteiger partial charge in [-0.3, -0.25) is 4.79 Å². The molecule has 14 heavy (non-hydrogen) atoms. The van der Waals surface area contributed by atoms with Gasteiger partial charge in [-0.15, -0.1) is 0 Å². The first kappa shape index (κ1) is 9.21. The van der Waals surface area contributed by atoms with E-state index < -0.39 is 5.97 Å². The van der Waals surface area contributed by atoms with Crippen molar-refractivity contribution in [2.75, 3.05) is 6.61 Å². The molecule has 74 valence electrons. The number of ether oxygens (including phenoxy) is 1. The Labute approximate surface area is 82.4 Å². The van der Waals surface area contributed by atoms with Crippen LogP contribution in [0.3, 0.4) is 0 Å². The monoisotopic (exact) mass is 192 g/mol. The molecule has 1 atom stereocenters. The van der Waals surface area contributed by atoms with E-state index in [1.807, 2.05) is 24.3 Å². The van der Waals surface area contributed by atoms with E-state index in [1.165, 1.54) is 5.57 Å². The Kier molecular flexibility index (Phi) is 2.50. The Morgan fingerprint density at radius 1 is 1.64 bits per heavy atom. The minimum absolute atomic E-state index is 0.0406. The molecule has 0 amide bonds. The summed E-state index contributed by atoms with van der Waals surface area (Å²) in [6, 6.07) is 0. The maximum Gasteiger partial charge on any atom is 0.303 e. The lowest BCUT2D eigenvalue weighted by Gasteiger charge is -2.23. The number of hydrogen-bond acceptors (Lipinski definition) is 2. The van der Waals surface area contributed by atoms with Crippen molar-refractivity contribution in [3.05, 3.63) is 35.5 Å². The van der Waals surface area contributed by atoms with Crippen LogP contribution < -0.4 is 0 Å². The van der Waals surface area contributed by atoms with Crippen LogP contribution in [0.25, 0.3) is 0 Å². The molecule has 0 bridgehead atoms. The molecule has 2 aliphatic rings. The van der Waals surface area contributed by atoms with E-state index in [0.29, 0.717) is 13.0 Å². The zero-order valence-corrected chi connectivity index (χ0v) is 7.77. The average molecular weight is 192 g/mol. The fourth-order valence-corrected chi connectivity index (χ4v) is 1.76. The molecule has 0 radical (unpaired) electrons. The van der Waals surface area contributed by atoms with E-state index in [1.54, 1.807) is 0 Å². The smallest absolute Gasteiger partial charge is 0.303 e. The van der Waals surface area contributed by atoms with Gasteiger partial charge in [0.05, 0.1) is 12.7 Å². The molecule has 0 fully saturated rings. The first-order valence-electron chi connectivity index (χ1n) is 4.69. The van der Waals surface area contributed by atoms with E-state index in [9.17, 15) is 4.79 Å². The number of fused-ring (bicyclic) bond motifs is 1. The molecule has 0 saturated carbocycles. The largest absolute Gasteiger partial charge is 0.481 e. The van der Waals surface area contributed by atoms with Gasteiger partial charge in [0, 0.05) is 6.42 Å². The predicted molar refractivity (Wildman–Crippen MR) is 51.9 cm³/mol. The highest BCUT2D eigenvalue weighted by molar-refractivity contribution is 5.67. The molecule has 0 aromatic heterocycles. The number of hydrogen-bond donors (Lipinski definition) is 1. The van der Waals surface area contributed by atoms with Crippen LogP contribution >= 0.6 is 0 Å². The summed E-state index contributed by atoms with van der Waals surface area (Å²) < 4.78 is 5.49. The van der Waals surface area contributed by atoms with Crippen molar-refractivity contribution in [3.63, 3.8) is 0 Å². The summed E-state index contributed by atoms with van der Waals surface area (Å²) in [5, 5.41) is 8.58. The van der Waals surface area contributed by atoms with Crippen LogP contribution in [0.5, 0.6) is 0 Å². The van der Waals surface area contributed by atoms with E-state index in [2.05, 4.69) is 0 Å². The molecule has 1 unspecified atom stereocenters. The molecule has 0 saturated heterocycles. The van der Waals surface area contributed by atoms with Crippen LogP contribution in [-0.4, -0.2) is 23.8 Å². The van der Waals surface area contributed by atoms with Crippen molar-refractivity contribution in [1.82, 2.24) is 0 Å². The molecule has 1 heterocycles. The second-order valence-electron chi connectivity index (χ2n) is 3.39. The molecule has 3 heteroatoms. The van der Waals surface area contributed by atoms with Crippen molar-refractivity contribution in [3.8, 4) is 0 Å². The molecule has 0 spiro atoms. The lowest BCUT2D eigenvalue weighted by atomic mass is 9.98. The van der Waals surface area contributed by atoms with Gasteiger partial charge in [0.1, 0.15) is 0 Å². The van der Waals surface area contributed by atoms with Gasteiger partial charge in [0.25, 0.3) is 0 Å². The molecule has 1 N–H and O–H groups in total. The fraction of sp³-hybridized carbons (Fsp3) is 0.364. The van der Waals surface area contributed by atoms with Crippen molar-refractivity contribution in [1.29, 1.82) is 0 Å². The van der Waals surface area contributed by atoms with Crippen molar-refractivity contribution in [2.45, 2.75) is 18.9 Å². The second-order valence-corrected chi connectivity index (χ2v) is 3.39. The summed E-state index contributed by atoms with van der Waals surface area (Å²) in [7, 11) is 0. The molecule has 0 aromatic carbocycles. The number of aliphatic carboxylic acids is 1.